The van der Waals surface area contributed by atoms with Gasteiger partial charge in [0.2, 0.25) is 0 Å². The van der Waals surface area contributed by atoms with Crippen LogP contribution in [0.4, 0.5) is 0 Å². The molecule has 0 bridgehead atoms. The van der Waals surface area contributed by atoms with Crippen molar-refractivity contribution in [2.45, 2.75) is 20.0 Å². The summed E-state index contributed by atoms with van der Waals surface area (Å²) in [4.78, 5) is 0. The van der Waals surface area contributed by atoms with Crippen molar-refractivity contribution in [2.75, 3.05) is 6.61 Å². The molecule has 0 aliphatic carbocycles. The molecule has 2 aromatic carbocycles. The van der Waals surface area contributed by atoms with Crippen LogP contribution in [0.25, 0.3) is 0 Å². The number of hydrogen-bond acceptors (Lipinski definition) is 2. The summed E-state index contributed by atoms with van der Waals surface area (Å²) in [5.41, 5.74) is 2.39. The highest BCUT2D eigenvalue weighted by Gasteiger charge is 2.18. The van der Waals surface area contributed by atoms with Crippen molar-refractivity contribution in [1.82, 2.24) is 0 Å². The van der Waals surface area contributed by atoms with Crippen LogP contribution < -0.4 is 4.74 Å². The molecule has 0 amide bonds. The van der Waals surface area contributed by atoms with Gasteiger partial charge in [-0.2, -0.15) is 0 Å². The third kappa shape index (κ3) is 3.09. The summed E-state index contributed by atoms with van der Waals surface area (Å²) in [7, 11) is 0. The molecule has 0 aromatic heterocycles. The second-order valence-corrected chi connectivity index (χ2v) is 5.31. The molecule has 2 aromatic rings. The number of hydrogen-bond donors (Lipinski definition) is 1. The maximum atomic E-state index is 10.5. The molecule has 0 saturated carbocycles. The van der Waals surface area contributed by atoms with E-state index in [9.17, 15) is 5.11 Å². The quantitative estimate of drug-likeness (QED) is 0.880. The first kappa shape index (κ1) is 15.2. The van der Waals surface area contributed by atoms with Crippen LogP contribution in [0, 0.1) is 6.92 Å². The van der Waals surface area contributed by atoms with Crippen LogP contribution >= 0.6 is 23.2 Å². The van der Waals surface area contributed by atoms with E-state index in [1.54, 1.807) is 12.1 Å². The molecule has 1 unspecified atom stereocenters. The third-order valence-corrected chi connectivity index (χ3v) is 3.75. The zero-order valence-electron chi connectivity index (χ0n) is 11.4. The van der Waals surface area contributed by atoms with E-state index in [1.165, 1.54) is 0 Å². The van der Waals surface area contributed by atoms with Crippen LogP contribution in [-0.2, 0) is 0 Å². The van der Waals surface area contributed by atoms with Crippen LogP contribution in [0.5, 0.6) is 5.75 Å². The van der Waals surface area contributed by atoms with Gasteiger partial charge in [-0.25, -0.2) is 0 Å². The van der Waals surface area contributed by atoms with Gasteiger partial charge >= 0.3 is 0 Å². The highest BCUT2D eigenvalue weighted by atomic mass is 35.5. The molecule has 20 heavy (non-hydrogen) atoms. The normalized spacial score (nSPS) is 12.2. The molecule has 0 spiro atoms. The second kappa shape index (κ2) is 6.49. The van der Waals surface area contributed by atoms with Gasteiger partial charge in [-0.15, -0.1) is 0 Å². The van der Waals surface area contributed by atoms with Crippen LogP contribution in [0.15, 0.2) is 36.4 Å². The Hall–Kier alpha value is -1.22. The van der Waals surface area contributed by atoms with Crippen LogP contribution in [0.2, 0.25) is 10.0 Å². The van der Waals surface area contributed by atoms with E-state index < -0.39 is 6.10 Å². The molecule has 2 nitrogen and oxygen atoms in total. The Kier molecular flexibility index (Phi) is 4.92. The highest BCUT2D eigenvalue weighted by molar-refractivity contribution is 6.34. The second-order valence-electron chi connectivity index (χ2n) is 4.50. The number of aliphatic hydroxyl groups excluding tert-OH is 1. The van der Waals surface area contributed by atoms with Crippen molar-refractivity contribution in [1.29, 1.82) is 0 Å². The number of halogens is 2. The van der Waals surface area contributed by atoms with Gasteiger partial charge in [0.15, 0.2) is 0 Å². The molecule has 106 valence electrons. The Morgan fingerprint density at radius 1 is 1.10 bits per heavy atom. The number of aryl methyl sites for hydroxylation is 1. The van der Waals surface area contributed by atoms with E-state index in [1.807, 2.05) is 38.1 Å². The SMILES string of the molecule is CCOc1cc(Cl)c(C(O)c2ccccc2C)cc1Cl. The predicted octanol–water partition coefficient (Wildman–Crippen LogP) is 4.78. The van der Waals surface area contributed by atoms with E-state index >= 15 is 0 Å². The number of rotatable bonds is 4. The molecular formula is C16H16Cl2O2. The van der Waals surface area contributed by atoms with Gasteiger partial charge in [0.25, 0.3) is 0 Å². The Morgan fingerprint density at radius 2 is 1.80 bits per heavy atom. The largest absolute Gasteiger partial charge is 0.492 e. The smallest absolute Gasteiger partial charge is 0.139 e. The average Bonchev–Trinajstić information content (AvgIpc) is 2.42. The first-order chi connectivity index (χ1) is 9.54. The van der Waals surface area contributed by atoms with Crippen molar-refractivity contribution in [3.63, 3.8) is 0 Å². The maximum absolute atomic E-state index is 10.5. The monoisotopic (exact) mass is 310 g/mol. The summed E-state index contributed by atoms with van der Waals surface area (Å²) in [6, 6.07) is 10.9. The number of benzene rings is 2. The highest BCUT2D eigenvalue weighted by Crippen LogP contribution is 2.36. The van der Waals surface area contributed by atoms with E-state index in [4.69, 9.17) is 27.9 Å². The van der Waals surface area contributed by atoms with Gasteiger partial charge in [-0.3, -0.25) is 0 Å². The molecule has 0 fully saturated rings. The minimum Gasteiger partial charge on any atom is -0.492 e. The van der Waals surface area contributed by atoms with E-state index in [0.717, 1.165) is 11.1 Å². The standard InChI is InChI=1S/C16H16Cl2O2/c1-3-20-15-9-13(17)12(8-14(15)18)16(19)11-7-5-4-6-10(11)2/h4-9,16,19H,3H2,1-2H3. The summed E-state index contributed by atoms with van der Waals surface area (Å²) < 4.78 is 5.38. The van der Waals surface area contributed by atoms with E-state index in [2.05, 4.69) is 0 Å². The van der Waals surface area contributed by atoms with Crippen LogP contribution in [0.1, 0.15) is 29.7 Å². The first-order valence-corrected chi connectivity index (χ1v) is 7.15. The zero-order chi connectivity index (χ0) is 14.7. The van der Waals surface area contributed by atoms with Gasteiger partial charge in [0.05, 0.1) is 16.7 Å². The fourth-order valence-electron chi connectivity index (χ4n) is 2.08. The van der Waals surface area contributed by atoms with Crippen molar-refractivity contribution < 1.29 is 9.84 Å². The predicted molar refractivity (Wildman–Crippen MR) is 82.9 cm³/mol. The summed E-state index contributed by atoms with van der Waals surface area (Å²) in [5.74, 6) is 0.528. The fourth-order valence-corrected chi connectivity index (χ4v) is 2.56. The lowest BCUT2D eigenvalue weighted by molar-refractivity contribution is 0.219. The third-order valence-electron chi connectivity index (χ3n) is 3.13. The summed E-state index contributed by atoms with van der Waals surface area (Å²) >= 11 is 12.4. The molecule has 0 aliphatic rings. The summed E-state index contributed by atoms with van der Waals surface area (Å²) in [5, 5.41) is 11.4. The summed E-state index contributed by atoms with van der Waals surface area (Å²) in [6.45, 7) is 4.33. The first-order valence-electron chi connectivity index (χ1n) is 6.40. The molecule has 1 atom stereocenters. The van der Waals surface area contributed by atoms with Crippen molar-refractivity contribution in [3.05, 3.63) is 63.1 Å². The van der Waals surface area contributed by atoms with E-state index in [-0.39, 0.29) is 0 Å². The number of ether oxygens (including phenoxy) is 1. The lowest BCUT2D eigenvalue weighted by Crippen LogP contribution is -2.03. The van der Waals surface area contributed by atoms with Crippen molar-refractivity contribution >= 4 is 23.2 Å². The van der Waals surface area contributed by atoms with Crippen molar-refractivity contribution in [3.8, 4) is 5.75 Å². The Morgan fingerprint density at radius 3 is 2.45 bits per heavy atom. The van der Waals surface area contributed by atoms with Gasteiger partial charge in [-0.1, -0.05) is 47.5 Å². The molecule has 0 aliphatic heterocycles. The fraction of sp³-hybridized carbons (Fsp3) is 0.250. The molecule has 1 N–H and O–H groups in total. The Labute approximate surface area is 128 Å². The zero-order valence-corrected chi connectivity index (χ0v) is 12.9. The van der Waals surface area contributed by atoms with Crippen molar-refractivity contribution in [2.24, 2.45) is 0 Å². The minimum atomic E-state index is -0.808. The lowest BCUT2D eigenvalue weighted by Gasteiger charge is -2.17. The molecule has 4 heteroatoms. The lowest BCUT2D eigenvalue weighted by atomic mass is 9.97. The average molecular weight is 311 g/mol. The maximum Gasteiger partial charge on any atom is 0.139 e. The summed E-state index contributed by atoms with van der Waals surface area (Å²) in [6.07, 6.45) is -0.808. The van der Waals surface area contributed by atoms with E-state index in [0.29, 0.717) is 28.0 Å². The van der Waals surface area contributed by atoms with Gasteiger partial charge in [-0.05, 0) is 31.0 Å². The topological polar surface area (TPSA) is 29.5 Å². The van der Waals surface area contributed by atoms with Crippen LogP contribution in [0.3, 0.4) is 0 Å². The minimum absolute atomic E-state index is 0.439. The van der Waals surface area contributed by atoms with Crippen LogP contribution in [-0.4, -0.2) is 11.7 Å². The van der Waals surface area contributed by atoms with Gasteiger partial charge in [0.1, 0.15) is 11.9 Å². The Balaban J connectivity index is 2.43. The molecular weight excluding hydrogens is 295 g/mol. The van der Waals surface area contributed by atoms with Gasteiger partial charge < -0.3 is 9.84 Å². The molecule has 0 heterocycles. The Bertz CT molecular complexity index is 611. The molecule has 0 saturated heterocycles. The molecule has 2 rings (SSSR count). The number of aliphatic hydroxyl groups is 1. The van der Waals surface area contributed by atoms with Gasteiger partial charge in [0, 0.05) is 11.6 Å². The molecule has 0 radical (unpaired) electrons.